The summed E-state index contributed by atoms with van der Waals surface area (Å²) in [7, 11) is 1.91. The van der Waals surface area contributed by atoms with Gasteiger partial charge in [0, 0.05) is 12.7 Å². The second-order valence-electron chi connectivity index (χ2n) is 3.26. The quantitative estimate of drug-likeness (QED) is 0.441. The Morgan fingerprint density at radius 1 is 1.26 bits per heavy atom. The molecule has 0 fully saturated rings. The average Bonchev–Trinajstić information content (AvgIpc) is 2.41. The first kappa shape index (κ1) is 22.1. The molecule has 0 saturated heterocycles. The number of likely N-dealkylation sites (N-methyl/N-ethyl adjacent to an activating group) is 1. The van der Waals surface area contributed by atoms with Crippen molar-refractivity contribution in [2.45, 2.75) is 26.7 Å². The fourth-order valence-corrected chi connectivity index (χ4v) is 1.02. The van der Waals surface area contributed by atoms with Gasteiger partial charge in [-0.2, -0.15) is 0 Å². The first-order valence-corrected chi connectivity index (χ1v) is 5.86. The van der Waals surface area contributed by atoms with Crippen molar-refractivity contribution in [1.82, 2.24) is 5.32 Å². The van der Waals surface area contributed by atoms with Crippen LogP contribution in [0.2, 0.25) is 0 Å². The third kappa shape index (κ3) is 21.7. The molecule has 0 aromatic rings. The standard InChI is InChI=1S/C13H21N.CH2O2.CH2O/c1-5-6-7-8-9-10-11-13(14-4)12(2)3;2-1-3;1-2/h6-7,9-11,14H,2,5,8H2,1,3-4H3;1H,(H,2,3);1H2/b7-6-,10-9?,13-11-;;. The van der Waals surface area contributed by atoms with Crippen LogP contribution in [0.4, 0.5) is 0 Å². The second kappa shape index (κ2) is 21.2. The number of allylic oxidation sites excluding steroid dienone is 6. The summed E-state index contributed by atoms with van der Waals surface area (Å²) in [6, 6.07) is 0. The van der Waals surface area contributed by atoms with E-state index >= 15 is 0 Å². The van der Waals surface area contributed by atoms with Crippen LogP contribution in [0.15, 0.2) is 48.2 Å². The normalized spacial score (nSPS) is 10.2. The van der Waals surface area contributed by atoms with E-state index in [1.54, 1.807) is 0 Å². The van der Waals surface area contributed by atoms with Crippen molar-refractivity contribution in [3.63, 3.8) is 0 Å². The van der Waals surface area contributed by atoms with E-state index in [0.29, 0.717) is 0 Å². The molecule has 0 unspecified atom stereocenters. The number of hydrogen-bond acceptors (Lipinski definition) is 3. The van der Waals surface area contributed by atoms with Crippen LogP contribution < -0.4 is 5.32 Å². The van der Waals surface area contributed by atoms with E-state index in [-0.39, 0.29) is 6.47 Å². The van der Waals surface area contributed by atoms with Crippen LogP contribution in [0.3, 0.4) is 0 Å². The summed E-state index contributed by atoms with van der Waals surface area (Å²) in [5, 5.41) is 9.98. The molecule has 0 aromatic carbocycles. The van der Waals surface area contributed by atoms with E-state index in [4.69, 9.17) is 14.7 Å². The van der Waals surface area contributed by atoms with E-state index < -0.39 is 0 Å². The minimum atomic E-state index is -0.250. The number of rotatable bonds is 6. The smallest absolute Gasteiger partial charge is 0.290 e. The Labute approximate surface area is 116 Å². The molecule has 4 nitrogen and oxygen atoms in total. The summed E-state index contributed by atoms with van der Waals surface area (Å²) in [5.74, 6) is 0. The number of hydrogen-bond donors (Lipinski definition) is 2. The molecule has 0 saturated carbocycles. The topological polar surface area (TPSA) is 66.4 Å². The molecule has 4 heteroatoms. The van der Waals surface area contributed by atoms with Gasteiger partial charge >= 0.3 is 0 Å². The SMILES string of the molecule is C=C(C)/C(=C/C=CC/C=C\CC)NC.C=O.O=CO. The molecule has 0 aliphatic rings. The number of carbonyl (C=O) groups is 2. The monoisotopic (exact) mass is 267 g/mol. The van der Waals surface area contributed by atoms with Gasteiger partial charge in [0.1, 0.15) is 6.79 Å². The zero-order valence-corrected chi connectivity index (χ0v) is 12.1. The lowest BCUT2D eigenvalue weighted by molar-refractivity contribution is -0.122. The molecule has 0 heterocycles. The van der Waals surface area contributed by atoms with Crippen LogP contribution in [-0.2, 0) is 9.59 Å². The Morgan fingerprint density at radius 3 is 2.16 bits per heavy atom. The van der Waals surface area contributed by atoms with Crippen LogP contribution in [0, 0.1) is 0 Å². The van der Waals surface area contributed by atoms with Gasteiger partial charge in [-0.05, 0) is 31.4 Å². The first-order chi connectivity index (χ1) is 9.13. The Kier molecular flexibility index (Phi) is 24.7. The summed E-state index contributed by atoms with van der Waals surface area (Å²) in [6.45, 7) is 9.76. The summed E-state index contributed by atoms with van der Waals surface area (Å²) in [6.07, 6.45) is 12.7. The van der Waals surface area contributed by atoms with Gasteiger partial charge < -0.3 is 15.2 Å². The van der Waals surface area contributed by atoms with Gasteiger partial charge in [0.25, 0.3) is 6.47 Å². The highest BCUT2D eigenvalue weighted by atomic mass is 16.3. The second-order valence-corrected chi connectivity index (χ2v) is 3.26. The van der Waals surface area contributed by atoms with E-state index in [0.717, 1.165) is 24.1 Å². The highest BCUT2D eigenvalue weighted by molar-refractivity contribution is 5.32. The lowest BCUT2D eigenvalue weighted by atomic mass is 10.2. The van der Waals surface area contributed by atoms with Crippen molar-refractivity contribution in [1.29, 1.82) is 0 Å². The van der Waals surface area contributed by atoms with Crippen LogP contribution >= 0.6 is 0 Å². The maximum atomic E-state index is 8.36. The molecule has 0 radical (unpaired) electrons. The van der Waals surface area contributed by atoms with Crippen LogP contribution in [-0.4, -0.2) is 25.4 Å². The van der Waals surface area contributed by atoms with Gasteiger partial charge in [0.2, 0.25) is 0 Å². The number of carboxylic acid groups (broad SMARTS) is 1. The van der Waals surface area contributed by atoms with E-state index in [9.17, 15) is 0 Å². The number of nitrogens with one attached hydrogen (secondary N) is 1. The predicted molar refractivity (Wildman–Crippen MR) is 81.0 cm³/mol. The van der Waals surface area contributed by atoms with Crippen LogP contribution in [0.5, 0.6) is 0 Å². The fourth-order valence-electron chi connectivity index (χ4n) is 1.02. The Morgan fingerprint density at radius 2 is 1.79 bits per heavy atom. The van der Waals surface area contributed by atoms with Crippen molar-refractivity contribution in [3.8, 4) is 0 Å². The summed E-state index contributed by atoms with van der Waals surface area (Å²) >= 11 is 0. The summed E-state index contributed by atoms with van der Waals surface area (Å²) in [4.78, 5) is 16.4. The first-order valence-electron chi connectivity index (χ1n) is 5.86. The van der Waals surface area contributed by atoms with Gasteiger partial charge in [-0.25, -0.2) is 0 Å². The molecule has 108 valence electrons. The van der Waals surface area contributed by atoms with Gasteiger partial charge in [-0.1, -0.05) is 37.8 Å². The molecule has 0 atom stereocenters. The minimum Gasteiger partial charge on any atom is -0.483 e. The highest BCUT2D eigenvalue weighted by Gasteiger charge is 1.89. The zero-order chi connectivity index (χ0) is 15.5. The van der Waals surface area contributed by atoms with Crippen molar-refractivity contribution >= 4 is 13.3 Å². The Bertz CT molecular complexity index is 305. The summed E-state index contributed by atoms with van der Waals surface area (Å²) in [5.41, 5.74) is 2.14. The third-order valence-electron chi connectivity index (χ3n) is 1.80. The van der Waals surface area contributed by atoms with E-state index in [1.165, 1.54) is 0 Å². The van der Waals surface area contributed by atoms with E-state index in [2.05, 4.69) is 43.1 Å². The van der Waals surface area contributed by atoms with Gasteiger partial charge in [0.05, 0.1) is 0 Å². The molecule has 0 bridgehead atoms. The molecule has 0 aliphatic heterocycles. The Hall–Kier alpha value is -2.10. The van der Waals surface area contributed by atoms with Crippen molar-refractivity contribution in [2.75, 3.05) is 7.05 Å². The van der Waals surface area contributed by atoms with Gasteiger partial charge in [0.15, 0.2) is 0 Å². The van der Waals surface area contributed by atoms with Crippen LogP contribution in [0.1, 0.15) is 26.7 Å². The lowest BCUT2D eigenvalue weighted by Gasteiger charge is -2.02. The molecule has 0 aliphatic carbocycles. The fraction of sp³-hybridized carbons (Fsp3) is 0.333. The Balaban J connectivity index is -0.000000445. The average molecular weight is 267 g/mol. The maximum absolute atomic E-state index is 8.36. The molecule has 19 heavy (non-hydrogen) atoms. The molecular formula is C15H25NO3. The largest absolute Gasteiger partial charge is 0.483 e. The third-order valence-corrected chi connectivity index (χ3v) is 1.80. The van der Waals surface area contributed by atoms with Gasteiger partial charge in [-0.3, -0.25) is 4.79 Å². The van der Waals surface area contributed by atoms with Gasteiger partial charge in [-0.15, -0.1) is 0 Å². The van der Waals surface area contributed by atoms with Crippen LogP contribution in [0.25, 0.3) is 0 Å². The number of carbonyl (C=O) groups excluding carboxylic acids is 1. The predicted octanol–water partition coefficient (Wildman–Crippen LogP) is 3.09. The molecule has 0 amide bonds. The lowest BCUT2D eigenvalue weighted by Crippen LogP contribution is -2.05. The molecule has 0 spiro atoms. The molecule has 2 N–H and O–H groups in total. The van der Waals surface area contributed by atoms with Crippen molar-refractivity contribution in [2.24, 2.45) is 0 Å². The summed E-state index contributed by atoms with van der Waals surface area (Å²) < 4.78 is 0. The minimum absolute atomic E-state index is 0.250. The maximum Gasteiger partial charge on any atom is 0.290 e. The zero-order valence-electron chi connectivity index (χ0n) is 12.1. The molecule has 0 aromatic heterocycles. The molecule has 0 rings (SSSR count). The van der Waals surface area contributed by atoms with E-state index in [1.807, 2.05) is 26.8 Å². The molecular weight excluding hydrogens is 242 g/mol. The van der Waals surface area contributed by atoms with Crippen molar-refractivity contribution < 1.29 is 14.7 Å². The van der Waals surface area contributed by atoms with Crippen molar-refractivity contribution in [3.05, 3.63) is 48.2 Å². The highest BCUT2D eigenvalue weighted by Crippen LogP contribution is 2.01.